The highest BCUT2D eigenvalue weighted by atomic mass is 32.1. The molecule has 13 rings (SSSR count). The van der Waals surface area contributed by atoms with Crippen LogP contribution >= 0.6 is 11.3 Å². The van der Waals surface area contributed by atoms with E-state index >= 15 is 0 Å². The van der Waals surface area contributed by atoms with Crippen LogP contribution < -0.4 is 0 Å². The normalized spacial score (nSPS) is 13.0. The second-order valence-electron chi connectivity index (χ2n) is 16.3. The van der Waals surface area contributed by atoms with E-state index in [1.54, 1.807) is 0 Å². The quantitative estimate of drug-likeness (QED) is 0.174. The summed E-state index contributed by atoms with van der Waals surface area (Å²) in [6.07, 6.45) is 0. The van der Waals surface area contributed by atoms with Crippen molar-refractivity contribution in [3.05, 3.63) is 235 Å². The van der Waals surface area contributed by atoms with E-state index in [1.165, 1.54) is 70.2 Å². The molecule has 2 heterocycles. The van der Waals surface area contributed by atoms with Crippen molar-refractivity contribution in [3.63, 3.8) is 0 Å². The monoisotopic (exact) mass is 805 g/mol. The summed E-state index contributed by atoms with van der Waals surface area (Å²) in [4.78, 5) is 15.5. The van der Waals surface area contributed by atoms with Gasteiger partial charge in [0.25, 0.3) is 0 Å². The molecule has 3 nitrogen and oxygen atoms in total. The molecular weight excluding hydrogens is 771 g/mol. The molecular formula is C58H35N3S. The van der Waals surface area contributed by atoms with Gasteiger partial charge in [-0.1, -0.05) is 194 Å². The van der Waals surface area contributed by atoms with Crippen LogP contribution in [0.15, 0.2) is 212 Å². The van der Waals surface area contributed by atoms with Crippen molar-refractivity contribution in [2.75, 3.05) is 0 Å². The van der Waals surface area contributed by atoms with Crippen molar-refractivity contribution in [2.24, 2.45) is 0 Å². The van der Waals surface area contributed by atoms with E-state index in [9.17, 15) is 0 Å². The van der Waals surface area contributed by atoms with Gasteiger partial charge in [0.05, 0.1) is 5.41 Å². The van der Waals surface area contributed by atoms with E-state index in [-0.39, 0.29) is 5.41 Å². The first-order valence-electron chi connectivity index (χ1n) is 21.1. The van der Waals surface area contributed by atoms with Gasteiger partial charge in [-0.25, -0.2) is 15.0 Å². The molecule has 0 unspecified atom stereocenters. The Morgan fingerprint density at radius 2 is 0.742 bits per heavy atom. The van der Waals surface area contributed by atoms with Crippen LogP contribution in [0.1, 0.15) is 22.3 Å². The Labute approximate surface area is 363 Å². The zero-order valence-electron chi connectivity index (χ0n) is 33.5. The Hall–Kier alpha value is -7.79. The van der Waals surface area contributed by atoms with Crippen LogP contribution in [0.5, 0.6) is 0 Å². The van der Waals surface area contributed by atoms with Gasteiger partial charge < -0.3 is 0 Å². The van der Waals surface area contributed by atoms with Crippen molar-refractivity contribution in [1.82, 2.24) is 15.0 Å². The van der Waals surface area contributed by atoms with Crippen LogP contribution in [-0.4, -0.2) is 15.0 Å². The molecule has 9 aromatic carbocycles. The number of hydrogen-bond donors (Lipinski definition) is 0. The molecule has 0 saturated carbocycles. The Balaban J connectivity index is 0.933. The fourth-order valence-corrected chi connectivity index (χ4v) is 11.4. The van der Waals surface area contributed by atoms with Gasteiger partial charge in [-0.2, -0.15) is 0 Å². The Morgan fingerprint density at radius 3 is 1.44 bits per heavy atom. The predicted molar refractivity (Wildman–Crippen MR) is 256 cm³/mol. The molecule has 0 aliphatic heterocycles. The third-order valence-electron chi connectivity index (χ3n) is 13.0. The van der Waals surface area contributed by atoms with E-state index in [0.717, 1.165) is 33.4 Å². The number of benzene rings is 9. The average Bonchev–Trinajstić information content (AvgIpc) is 3.98. The maximum atomic E-state index is 5.25. The molecule has 2 aliphatic rings. The summed E-state index contributed by atoms with van der Waals surface area (Å²) >= 11 is 1.84. The zero-order chi connectivity index (χ0) is 40.8. The third kappa shape index (κ3) is 5.14. The fraction of sp³-hybridized carbons (Fsp3) is 0.0172. The number of nitrogens with zero attached hydrogens (tertiary/aromatic N) is 3. The number of rotatable bonds is 5. The summed E-state index contributed by atoms with van der Waals surface area (Å²) in [5, 5.41) is 2.61. The molecule has 2 aliphatic carbocycles. The van der Waals surface area contributed by atoms with Crippen molar-refractivity contribution in [2.45, 2.75) is 5.41 Å². The minimum Gasteiger partial charge on any atom is -0.208 e. The van der Waals surface area contributed by atoms with Crippen molar-refractivity contribution >= 4 is 31.5 Å². The molecule has 288 valence electrons. The van der Waals surface area contributed by atoms with E-state index in [0.29, 0.717) is 17.5 Å². The maximum Gasteiger partial charge on any atom is 0.164 e. The standard InChI is InChI=1S/C58H35N3S/c1-2-14-37(15-3-1)55-59-56(38-28-26-36(27-29-38)39-30-32-46-45-20-9-13-25-53(45)62-54(46)35-39)61-57(60-55)47-21-5-4-16-41(47)40-31-33-52-48(34-40)44-19-8-12-24-51(44)58(52)49-22-10-6-17-42(49)43-18-7-11-23-50(43)58/h1-35H. The topological polar surface area (TPSA) is 38.7 Å². The molecule has 0 saturated heterocycles. The molecule has 11 aromatic rings. The highest BCUT2D eigenvalue weighted by Gasteiger charge is 2.51. The third-order valence-corrected chi connectivity index (χ3v) is 14.1. The number of hydrogen-bond acceptors (Lipinski definition) is 4. The van der Waals surface area contributed by atoms with Gasteiger partial charge in [-0.3, -0.25) is 0 Å². The highest BCUT2D eigenvalue weighted by molar-refractivity contribution is 7.25. The molecule has 0 N–H and O–H groups in total. The summed E-state index contributed by atoms with van der Waals surface area (Å²) in [7, 11) is 0. The Bertz CT molecular complexity index is 3540. The molecule has 62 heavy (non-hydrogen) atoms. The first kappa shape index (κ1) is 35.0. The van der Waals surface area contributed by atoms with E-state index < -0.39 is 0 Å². The van der Waals surface area contributed by atoms with Crippen LogP contribution in [-0.2, 0) is 5.41 Å². The molecule has 4 heteroatoms. The van der Waals surface area contributed by atoms with Crippen molar-refractivity contribution in [3.8, 4) is 78.7 Å². The summed E-state index contributed by atoms with van der Waals surface area (Å²) in [6.45, 7) is 0. The molecule has 0 bridgehead atoms. The molecule has 2 aromatic heterocycles. The van der Waals surface area contributed by atoms with E-state index in [4.69, 9.17) is 15.0 Å². The average molecular weight is 806 g/mol. The largest absolute Gasteiger partial charge is 0.208 e. The summed E-state index contributed by atoms with van der Waals surface area (Å²) < 4.78 is 2.61. The van der Waals surface area contributed by atoms with Gasteiger partial charge in [-0.05, 0) is 85.0 Å². The molecule has 0 fully saturated rings. The van der Waals surface area contributed by atoms with Gasteiger partial charge in [0.2, 0.25) is 0 Å². The molecule has 0 atom stereocenters. The first-order valence-corrected chi connectivity index (χ1v) is 21.9. The van der Waals surface area contributed by atoms with Crippen LogP contribution in [0, 0.1) is 0 Å². The maximum absolute atomic E-state index is 5.25. The van der Waals surface area contributed by atoms with Crippen molar-refractivity contribution < 1.29 is 0 Å². The zero-order valence-corrected chi connectivity index (χ0v) is 34.3. The SMILES string of the molecule is c1ccc(-c2nc(-c3ccc(-c4ccc5c(c4)sc4ccccc45)cc3)nc(-c3ccccc3-c3ccc4c(c3)-c3ccccc3C43c4ccccc4-c4ccccc43)n2)cc1. The van der Waals surface area contributed by atoms with Crippen LogP contribution in [0.25, 0.3) is 98.8 Å². The lowest BCUT2D eigenvalue weighted by atomic mass is 9.70. The van der Waals surface area contributed by atoms with Gasteiger partial charge in [0, 0.05) is 36.9 Å². The van der Waals surface area contributed by atoms with Gasteiger partial charge >= 0.3 is 0 Å². The second-order valence-corrected chi connectivity index (χ2v) is 17.3. The second kappa shape index (κ2) is 13.6. The van der Waals surface area contributed by atoms with Crippen LogP contribution in [0.3, 0.4) is 0 Å². The summed E-state index contributed by atoms with van der Waals surface area (Å²) in [5.74, 6) is 1.92. The van der Waals surface area contributed by atoms with Crippen LogP contribution in [0.2, 0.25) is 0 Å². The fourth-order valence-electron chi connectivity index (χ4n) is 10.3. The number of fused-ring (bicyclic) bond motifs is 13. The highest BCUT2D eigenvalue weighted by Crippen LogP contribution is 2.63. The molecule has 1 spiro atoms. The van der Waals surface area contributed by atoms with E-state index in [1.807, 2.05) is 29.5 Å². The molecule has 0 amide bonds. The minimum atomic E-state index is -0.383. The minimum absolute atomic E-state index is 0.383. The smallest absolute Gasteiger partial charge is 0.164 e. The lowest BCUT2D eigenvalue weighted by molar-refractivity contribution is 0.794. The van der Waals surface area contributed by atoms with Crippen molar-refractivity contribution in [1.29, 1.82) is 0 Å². The summed E-state index contributed by atoms with van der Waals surface area (Å²) in [6, 6.07) is 76.7. The molecule has 0 radical (unpaired) electrons. The van der Waals surface area contributed by atoms with Crippen LogP contribution in [0.4, 0.5) is 0 Å². The summed E-state index contributed by atoms with van der Waals surface area (Å²) in [5.41, 5.74) is 17.5. The Kier molecular flexibility index (Phi) is 7.69. The predicted octanol–water partition coefficient (Wildman–Crippen LogP) is 14.9. The first-order chi connectivity index (χ1) is 30.7. The van der Waals surface area contributed by atoms with Gasteiger partial charge in [-0.15, -0.1) is 11.3 Å². The van der Waals surface area contributed by atoms with E-state index in [2.05, 4.69) is 194 Å². The number of aromatic nitrogens is 3. The lowest BCUT2D eigenvalue weighted by Crippen LogP contribution is -2.25. The van der Waals surface area contributed by atoms with Gasteiger partial charge in [0.15, 0.2) is 17.5 Å². The lowest BCUT2D eigenvalue weighted by Gasteiger charge is -2.30. The number of thiophene rings is 1. The van der Waals surface area contributed by atoms with Gasteiger partial charge in [0.1, 0.15) is 0 Å². The Morgan fingerprint density at radius 1 is 0.274 bits per heavy atom.